The van der Waals surface area contributed by atoms with Gasteiger partial charge in [-0.3, -0.25) is 4.79 Å². The Kier molecular flexibility index (Phi) is 5.18. The molecule has 24 heavy (non-hydrogen) atoms. The zero-order valence-corrected chi connectivity index (χ0v) is 14.4. The molecular formula is C19H25N3O2. The van der Waals surface area contributed by atoms with E-state index in [1.807, 2.05) is 36.7 Å². The smallest absolute Gasteiger partial charge is 0.228 e. The fourth-order valence-corrected chi connectivity index (χ4v) is 3.17. The molecule has 1 aliphatic rings. The van der Waals surface area contributed by atoms with Crippen LogP contribution in [0.3, 0.4) is 0 Å². The number of ether oxygens (including phenoxy) is 1. The van der Waals surface area contributed by atoms with E-state index in [0.717, 1.165) is 35.5 Å². The third kappa shape index (κ3) is 3.96. The summed E-state index contributed by atoms with van der Waals surface area (Å²) < 4.78 is 7.71. The van der Waals surface area contributed by atoms with Crippen LogP contribution in [0.5, 0.6) is 5.75 Å². The Labute approximate surface area is 143 Å². The first kappa shape index (κ1) is 16.6. The Hall–Kier alpha value is -2.30. The van der Waals surface area contributed by atoms with E-state index in [1.54, 1.807) is 6.20 Å². The minimum atomic E-state index is -0.0416. The summed E-state index contributed by atoms with van der Waals surface area (Å²) in [5.74, 6) is 1.59. The van der Waals surface area contributed by atoms with Gasteiger partial charge in [0.05, 0.1) is 25.3 Å². The first-order chi connectivity index (χ1) is 11.6. The molecule has 0 spiro atoms. The van der Waals surface area contributed by atoms with Gasteiger partial charge in [0.2, 0.25) is 5.91 Å². The van der Waals surface area contributed by atoms with Crippen LogP contribution in [0.25, 0.3) is 0 Å². The van der Waals surface area contributed by atoms with E-state index >= 15 is 0 Å². The van der Waals surface area contributed by atoms with Gasteiger partial charge in [0.15, 0.2) is 0 Å². The molecule has 2 aromatic rings. The molecule has 5 heteroatoms. The zero-order valence-electron chi connectivity index (χ0n) is 14.4. The number of rotatable bonds is 6. The summed E-state index contributed by atoms with van der Waals surface area (Å²) in [6.45, 7) is 4.41. The van der Waals surface area contributed by atoms with E-state index in [1.165, 1.54) is 12.8 Å². The van der Waals surface area contributed by atoms with Crippen molar-refractivity contribution in [2.24, 2.45) is 0 Å². The van der Waals surface area contributed by atoms with Crippen molar-refractivity contribution < 1.29 is 9.53 Å². The Morgan fingerprint density at radius 1 is 1.29 bits per heavy atom. The van der Waals surface area contributed by atoms with Crippen molar-refractivity contribution >= 4 is 11.7 Å². The molecule has 1 aliphatic carbocycles. The van der Waals surface area contributed by atoms with Gasteiger partial charge in [-0.15, -0.1) is 0 Å². The van der Waals surface area contributed by atoms with E-state index in [2.05, 4.69) is 16.5 Å². The maximum Gasteiger partial charge on any atom is 0.228 e. The number of amides is 1. The van der Waals surface area contributed by atoms with Crippen LogP contribution in [0.4, 0.5) is 5.82 Å². The maximum atomic E-state index is 12.2. The van der Waals surface area contributed by atoms with E-state index in [-0.39, 0.29) is 5.91 Å². The number of hydrogen-bond acceptors (Lipinski definition) is 3. The second-order valence-corrected chi connectivity index (χ2v) is 6.51. The van der Waals surface area contributed by atoms with E-state index in [0.29, 0.717) is 19.1 Å². The average Bonchev–Trinajstić information content (AvgIpc) is 3.21. The summed E-state index contributed by atoms with van der Waals surface area (Å²) in [5, 5.41) is 7.33. The number of anilines is 1. The number of benzene rings is 1. The maximum absolute atomic E-state index is 12.2. The lowest BCUT2D eigenvalue weighted by Crippen LogP contribution is -2.19. The van der Waals surface area contributed by atoms with Crippen molar-refractivity contribution in [2.75, 3.05) is 11.9 Å². The van der Waals surface area contributed by atoms with Crippen molar-refractivity contribution in [3.05, 3.63) is 41.6 Å². The normalized spacial score (nSPS) is 14.8. The van der Waals surface area contributed by atoms with Crippen LogP contribution < -0.4 is 10.1 Å². The predicted octanol–water partition coefficient (Wildman–Crippen LogP) is 4.02. The second kappa shape index (κ2) is 7.51. The molecule has 0 bridgehead atoms. The quantitative estimate of drug-likeness (QED) is 0.871. The fraction of sp³-hybridized carbons (Fsp3) is 0.474. The molecule has 3 rings (SSSR count). The lowest BCUT2D eigenvalue weighted by atomic mass is 10.1. The molecule has 1 aromatic carbocycles. The lowest BCUT2D eigenvalue weighted by Gasteiger charge is -2.15. The molecule has 0 saturated heterocycles. The van der Waals surface area contributed by atoms with E-state index < -0.39 is 0 Å². The lowest BCUT2D eigenvalue weighted by molar-refractivity contribution is -0.116. The number of nitrogens with zero attached hydrogens (tertiary/aromatic N) is 2. The fourth-order valence-electron chi connectivity index (χ4n) is 3.17. The molecule has 0 aliphatic heterocycles. The minimum Gasteiger partial charge on any atom is -0.493 e. The number of aromatic nitrogens is 2. The molecule has 1 amide bonds. The van der Waals surface area contributed by atoms with Gasteiger partial charge < -0.3 is 10.1 Å². The monoisotopic (exact) mass is 327 g/mol. The Morgan fingerprint density at radius 2 is 2.08 bits per heavy atom. The Balaban J connectivity index is 1.51. The van der Waals surface area contributed by atoms with Gasteiger partial charge in [-0.1, -0.05) is 25.0 Å². The molecule has 5 nitrogen and oxygen atoms in total. The number of hydrogen-bond donors (Lipinski definition) is 1. The summed E-state index contributed by atoms with van der Waals surface area (Å²) in [6, 6.07) is 8.37. The van der Waals surface area contributed by atoms with Crippen LogP contribution in [0, 0.1) is 13.8 Å². The number of nitrogens with one attached hydrogen (secondary N) is 1. The van der Waals surface area contributed by atoms with Crippen LogP contribution in [0.2, 0.25) is 0 Å². The first-order valence-electron chi connectivity index (χ1n) is 8.67. The van der Waals surface area contributed by atoms with Crippen LogP contribution >= 0.6 is 0 Å². The third-order valence-electron chi connectivity index (χ3n) is 4.54. The van der Waals surface area contributed by atoms with Gasteiger partial charge in [-0.2, -0.15) is 5.10 Å². The van der Waals surface area contributed by atoms with E-state index in [4.69, 9.17) is 4.74 Å². The van der Waals surface area contributed by atoms with Gasteiger partial charge in [-0.05, 0) is 43.9 Å². The first-order valence-corrected chi connectivity index (χ1v) is 8.67. The summed E-state index contributed by atoms with van der Waals surface area (Å²) >= 11 is 0. The predicted molar refractivity (Wildman–Crippen MR) is 94.4 cm³/mol. The topological polar surface area (TPSA) is 56.1 Å². The molecule has 1 heterocycles. The Bertz CT molecular complexity index is 702. The molecule has 1 N–H and O–H groups in total. The van der Waals surface area contributed by atoms with Gasteiger partial charge in [0.1, 0.15) is 11.6 Å². The third-order valence-corrected chi connectivity index (χ3v) is 4.54. The van der Waals surface area contributed by atoms with Crippen molar-refractivity contribution in [2.45, 2.75) is 52.0 Å². The minimum absolute atomic E-state index is 0.0416. The van der Waals surface area contributed by atoms with Gasteiger partial charge >= 0.3 is 0 Å². The van der Waals surface area contributed by atoms with Crippen molar-refractivity contribution in [1.29, 1.82) is 0 Å². The SMILES string of the molecule is Cc1ccc(C)c(OCCC(=O)Nc2ccnn2C2CCCC2)c1. The van der Waals surface area contributed by atoms with Gasteiger partial charge in [0.25, 0.3) is 0 Å². The number of carbonyl (C=O) groups is 1. The molecule has 1 fully saturated rings. The summed E-state index contributed by atoms with van der Waals surface area (Å²) in [4.78, 5) is 12.2. The molecule has 0 unspecified atom stereocenters. The van der Waals surface area contributed by atoms with Crippen molar-refractivity contribution in [3.63, 3.8) is 0 Å². The Morgan fingerprint density at radius 3 is 2.88 bits per heavy atom. The summed E-state index contributed by atoms with van der Waals surface area (Å²) in [6.07, 6.45) is 6.83. The molecule has 1 aromatic heterocycles. The summed E-state index contributed by atoms with van der Waals surface area (Å²) in [5.41, 5.74) is 2.24. The number of carbonyl (C=O) groups excluding carboxylic acids is 1. The molecular weight excluding hydrogens is 302 g/mol. The molecule has 0 atom stereocenters. The highest BCUT2D eigenvalue weighted by Crippen LogP contribution is 2.31. The average molecular weight is 327 g/mol. The molecule has 1 saturated carbocycles. The standard InChI is InChI=1S/C19H25N3O2/c1-14-7-8-15(2)17(13-14)24-12-10-19(23)21-18-9-11-20-22(18)16-5-3-4-6-16/h7-9,11,13,16H,3-6,10,12H2,1-2H3,(H,21,23). The van der Waals surface area contributed by atoms with Crippen molar-refractivity contribution in [1.82, 2.24) is 9.78 Å². The largest absolute Gasteiger partial charge is 0.493 e. The van der Waals surface area contributed by atoms with Crippen LogP contribution in [0.1, 0.15) is 49.3 Å². The van der Waals surface area contributed by atoms with Crippen molar-refractivity contribution in [3.8, 4) is 5.75 Å². The number of aryl methyl sites for hydroxylation is 2. The molecule has 0 radical (unpaired) electrons. The molecule has 128 valence electrons. The highest BCUT2D eigenvalue weighted by Gasteiger charge is 2.20. The van der Waals surface area contributed by atoms with Gasteiger partial charge in [0, 0.05) is 6.07 Å². The highest BCUT2D eigenvalue weighted by molar-refractivity contribution is 5.89. The second-order valence-electron chi connectivity index (χ2n) is 6.51. The van der Waals surface area contributed by atoms with Gasteiger partial charge in [-0.25, -0.2) is 4.68 Å². The van der Waals surface area contributed by atoms with E-state index in [9.17, 15) is 4.79 Å². The highest BCUT2D eigenvalue weighted by atomic mass is 16.5. The van der Waals surface area contributed by atoms with Crippen LogP contribution in [0.15, 0.2) is 30.5 Å². The van der Waals surface area contributed by atoms with Crippen LogP contribution in [-0.4, -0.2) is 22.3 Å². The zero-order chi connectivity index (χ0) is 16.9. The van der Waals surface area contributed by atoms with Crippen LogP contribution in [-0.2, 0) is 4.79 Å². The summed E-state index contributed by atoms with van der Waals surface area (Å²) in [7, 11) is 0.